The molecule has 0 aromatic heterocycles. The van der Waals surface area contributed by atoms with Crippen LogP contribution < -0.4 is 28.1 Å². The molecule has 0 amide bonds. The summed E-state index contributed by atoms with van der Waals surface area (Å²) in [5.41, 5.74) is 0. The Balaban J connectivity index is 0. The van der Waals surface area contributed by atoms with Gasteiger partial charge in [-0.2, -0.15) is 0 Å². The first kappa shape index (κ1) is 14.0. The van der Waals surface area contributed by atoms with Crippen molar-refractivity contribution in [1.82, 2.24) is 3.30 Å². The Labute approximate surface area is 90.5 Å². The van der Waals surface area contributed by atoms with Gasteiger partial charge in [-0.15, -0.1) is 0 Å². The van der Waals surface area contributed by atoms with Crippen molar-refractivity contribution in [2.75, 3.05) is 0 Å². The van der Waals surface area contributed by atoms with Crippen LogP contribution in [-0.2, 0) is 24.7 Å². The van der Waals surface area contributed by atoms with E-state index in [1.165, 1.54) is 56.8 Å². The molecule has 0 bridgehead atoms. The van der Waals surface area contributed by atoms with Crippen molar-refractivity contribution in [2.45, 2.75) is 38.1 Å². The van der Waals surface area contributed by atoms with Gasteiger partial charge in [-0.25, -0.2) is 0 Å². The average Bonchev–Trinajstić information content (AvgIpc) is 1.90. The summed E-state index contributed by atoms with van der Waals surface area (Å²) in [6.45, 7) is 0. The quantitative estimate of drug-likeness (QED) is 0.471. The van der Waals surface area contributed by atoms with Crippen molar-refractivity contribution in [3.8, 4) is 0 Å². The molecule has 1 saturated carbocycles. The van der Waals surface area contributed by atoms with Gasteiger partial charge in [-0.05, 0) is 0 Å². The topological polar surface area (TPSA) is 12.0 Å². The second-order valence-corrected chi connectivity index (χ2v) is 3.52. The molecule has 0 aliphatic heterocycles. The number of hydrogen-bond donors (Lipinski definition) is 1. The van der Waals surface area contributed by atoms with E-state index in [2.05, 4.69) is 3.30 Å². The monoisotopic (exact) mass is 348 g/mol. The summed E-state index contributed by atoms with van der Waals surface area (Å²) in [5, 5.41) is 0. The number of nitrogens with one attached hydrogen (secondary N) is 1. The molecule has 0 aromatic rings. The van der Waals surface area contributed by atoms with Gasteiger partial charge in [0.1, 0.15) is 0 Å². The van der Waals surface area contributed by atoms with E-state index >= 15 is 0 Å². The normalized spacial score (nSPS) is 19.0. The third-order valence-corrected chi connectivity index (χ3v) is 3.28. The van der Waals surface area contributed by atoms with Gasteiger partial charge in [0.05, 0.1) is 0 Å². The summed E-state index contributed by atoms with van der Waals surface area (Å²) < 4.78 is 3.44. The van der Waals surface area contributed by atoms with Crippen molar-refractivity contribution in [3.05, 3.63) is 0 Å². The molecule has 0 spiro atoms. The molecule has 4 heteroatoms. The van der Waals surface area contributed by atoms with Crippen molar-refractivity contribution < 1.29 is 49.5 Å². The fourth-order valence-electron chi connectivity index (χ4n) is 1.25. The van der Waals surface area contributed by atoms with Gasteiger partial charge in [0.2, 0.25) is 0 Å². The van der Waals surface area contributed by atoms with Gasteiger partial charge < -0.3 is 24.8 Å². The maximum absolute atomic E-state index is 3.44. The third kappa shape index (κ3) is 5.11. The van der Waals surface area contributed by atoms with Crippen LogP contribution in [-0.4, -0.2) is 6.04 Å². The molecule has 1 fully saturated rings. The van der Waals surface area contributed by atoms with Crippen molar-refractivity contribution in [3.63, 3.8) is 0 Å². The zero-order chi connectivity index (χ0) is 5.82. The Hall–Kier alpha value is 1.41. The Morgan fingerprint density at radius 3 is 1.80 bits per heavy atom. The van der Waals surface area contributed by atoms with Crippen LogP contribution in [0.3, 0.4) is 0 Å². The van der Waals surface area contributed by atoms with E-state index in [-0.39, 0.29) is 24.8 Å². The standard InChI is InChI=1S/C6H12N.2ClH.Hf/c7-6-4-2-1-3-5-6;;;/h6-7H,1-5H2;2*1H;/q-1;;;+3/p-2. The minimum atomic E-state index is 0. The summed E-state index contributed by atoms with van der Waals surface area (Å²) in [4.78, 5) is 0. The molecule has 0 saturated heterocycles. The Kier molecular flexibility index (Phi) is 11.9. The third-order valence-electron chi connectivity index (χ3n) is 1.81. The van der Waals surface area contributed by atoms with Crippen LogP contribution in [0.25, 0.3) is 0 Å². The molecule has 0 radical (unpaired) electrons. The van der Waals surface area contributed by atoms with Crippen LogP contribution in [0.15, 0.2) is 0 Å². The van der Waals surface area contributed by atoms with E-state index in [9.17, 15) is 0 Å². The van der Waals surface area contributed by atoms with Crippen LogP contribution >= 0.6 is 0 Å². The fraction of sp³-hybridized carbons (Fsp3) is 1.00. The molecule has 1 rings (SSSR count). The van der Waals surface area contributed by atoms with Crippen LogP contribution in [0.4, 0.5) is 0 Å². The summed E-state index contributed by atoms with van der Waals surface area (Å²) in [7, 11) is 0. The van der Waals surface area contributed by atoms with Gasteiger partial charge in [0.15, 0.2) is 0 Å². The zero-order valence-corrected chi connectivity index (χ0v) is 11.0. The molecule has 1 N–H and O–H groups in total. The first-order valence-electron chi connectivity index (χ1n) is 3.36. The Morgan fingerprint density at radius 2 is 1.50 bits per heavy atom. The van der Waals surface area contributed by atoms with Crippen molar-refractivity contribution >= 4 is 0 Å². The SMILES string of the molecule is [Cl-].[Cl-].[Hf+2][NH]C1CCCCC1. The summed E-state index contributed by atoms with van der Waals surface area (Å²) in [6.07, 6.45) is 7.26. The summed E-state index contributed by atoms with van der Waals surface area (Å²) in [6, 6.07) is 0.899. The van der Waals surface area contributed by atoms with Crippen LogP contribution in [0.5, 0.6) is 0 Å². The molecule has 0 atom stereocenters. The first-order chi connectivity index (χ1) is 3.93. The van der Waals surface area contributed by atoms with E-state index in [1.54, 1.807) is 0 Å². The number of rotatable bonds is 1. The zero-order valence-electron chi connectivity index (χ0n) is 5.87. The van der Waals surface area contributed by atoms with Crippen molar-refractivity contribution in [1.29, 1.82) is 0 Å². The maximum atomic E-state index is 3.44. The van der Waals surface area contributed by atoms with E-state index < -0.39 is 0 Å². The first-order valence-corrected chi connectivity index (χ1v) is 5.15. The van der Waals surface area contributed by atoms with Crippen LogP contribution in [0.2, 0.25) is 0 Å². The van der Waals surface area contributed by atoms with Crippen molar-refractivity contribution in [2.24, 2.45) is 0 Å². The Bertz CT molecular complexity index is 66.8. The van der Waals surface area contributed by atoms with Gasteiger partial charge >= 0.3 is 66.1 Å². The molecule has 0 heterocycles. The summed E-state index contributed by atoms with van der Waals surface area (Å²) in [5.74, 6) is 0. The molecule has 10 heavy (non-hydrogen) atoms. The van der Waals surface area contributed by atoms with E-state index in [0.29, 0.717) is 0 Å². The molecule has 59 valence electrons. The second-order valence-electron chi connectivity index (χ2n) is 2.48. The molecular weight excluding hydrogens is 335 g/mol. The average molecular weight is 348 g/mol. The molecule has 0 unspecified atom stereocenters. The predicted octanol–water partition coefficient (Wildman–Crippen LogP) is -4.62. The van der Waals surface area contributed by atoms with E-state index in [1.807, 2.05) is 0 Å². The van der Waals surface area contributed by atoms with Gasteiger partial charge in [0.25, 0.3) is 0 Å². The number of halogens is 2. The van der Waals surface area contributed by atoms with Crippen LogP contribution in [0.1, 0.15) is 32.1 Å². The van der Waals surface area contributed by atoms with E-state index in [0.717, 1.165) is 6.04 Å². The fourth-order valence-corrected chi connectivity index (χ4v) is 2.28. The predicted molar refractivity (Wildman–Crippen MR) is 30.0 cm³/mol. The minimum absolute atomic E-state index is 0. The number of hydrogen-bond acceptors (Lipinski definition) is 1. The molecule has 1 aliphatic rings. The Morgan fingerprint density at radius 1 is 1.00 bits per heavy atom. The molecular formula is C6H12Cl2HfN. The van der Waals surface area contributed by atoms with Crippen LogP contribution in [0, 0.1) is 0 Å². The van der Waals surface area contributed by atoms with Gasteiger partial charge in [-0.3, -0.25) is 0 Å². The molecule has 0 aromatic carbocycles. The molecule has 1 aliphatic carbocycles. The second kappa shape index (κ2) is 8.51. The van der Waals surface area contributed by atoms with Gasteiger partial charge in [0, 0.05) is 0 Å². The molecule has 1 nitrogen and oxygen atoms in total. The van der Waals surface area contributed by atoms with E-state index in [4.69, 9.17) is 0 Å². The summed E-state index contributed by atoms with van der Waals surface area (Å²) >= 11 is 1.18. The van der Waals surface area contributed by atoms with Gasteiger partial charge in [-0.1, -0.05) is 0 Å².